The quantitative estimate of drug-likeness (QED) is 0.222. The van der Waals surface area contributed by atoms with E-state index in [2.05, 4.69) is 10.4 Å². The number of sulfone groups is 1. The van der Waals surface area contributed by atoms with E-state index in [1.54, 1.807) is 0 Å². The molecule has 1 heterocycles. The Balaban J connectivity index is 2.47. The average molecular weight is 292 g/mol. The monoisotopic (exact) mass is 292 g/mol. The van der Waals surface area contributed by atoms with Crippen molar-refractivity contribution in [1.82, 2.24) is 10.3 Å². The zero-order valence-corrected chi connectivity index (χ0v) is 12.4. The van der Waals surface area contributed by atoms with E-state index >= 15 is 0 Å². The van der Waals surface area contributed by atoms with Crippen molar-refractivity contribution in [2.24, 2.45) is 10.8 Å². The van der Waals surface area contributed by atoms with Gasteiger partial charge >= 0.3 is 0 Å². The molecule has 3 N–H and O–H groups in total. The van der Waals surface area contributed by atoms with Crippen molar-refractivity contribution in [3.63, 3.8) is 0 Å². The van der Waals surface area contributed by atoms with Crippen LogP contribution in [0.2, 0.25) is 0 Å². The van der Waals surface area contributed by atoms with Gasteiger partial charge in [0.2, 0.25) is 5.96 Å². The lowest BCUT2D eigenvalue weighted by molar-refractivity contribution is 0.146. The van der Waals surface area contributed by atoms with Crippen LogP contribution in [0.1, 0.15) is 19.8 Å². The molecule has 8 heteroatoms. The highest BCUT2D eigenvalue weighted by Crippen LogP contribution is 2.16. The highest BCUT2D eigenvalue weighted by atomic mass is 32.2. The molecule has 1 unspecified atom stereocenters. The third-order valence-electron chi connectivity index (χ3n) is 3.13. The van der Waals surface area contributed by atoms with Crippen LogP contribution in [0, 0.1) is 0 Å². The Morgan fingerprint density at radius 3 is 2.84 bits per heavy atom. The second-order valence-electron chi connectivity index (χ2n) is 4.57. The summed E-state index contributed by atoms with van der Waals surface area (Å²) in [6.45, 7) is 3.92. The minimum Gasteiger partial charge on any atom is -0.382 e. The maximum Gasteiger partial charge on any atom is 0.208 e. The summed E-state index contributed by atoms with van der Waals surface area (Å²) in [4.78, 5) is 6.15. The number of aliphatic imine (C=N–C) groups is 1. The van der Waals surface area contributed by atoms with Crippen LogP contribution in [-0.4, -0.2) is 63.6 Å². The molecule has 19 heavy (non-hydrogen) atoms. The number of hydrogen-bond donors (Lipinski definition) is 2. The number of ether oxygens (including phenoxy) is 1. The fraction of sp³-hybridized carbons (Fsp3) is 0.909. The van der Waals surface area contributed by atoms with Gasteiger partial charge in [-0.2, -0.15) is 0 Å². The Hall–Kier alpha value is -0.860. The molecule has 1 atom stereocenters. The molecule has 1 aliphatic rings. The molecule has 0 aromatic rings. The normalized spacial score (nSPS) is 22.5. The summed E-state index contributed by atoms with van der Waals surface area (Å²) < 4.78 is 28.1. The molecular formula is C11H24N4O3S. The SMILES string of the molecule is CCOCCCN=C(NN)N(C)C1CCS(=O)(=O)C1. The molecule has 1 fully saturated rings. The first-order chi connectivity index (χ1) is 9.00. The third-order valence-corrected chi connectivity index (χ3v) is 4.88. The number of nitrogens with two attached hydrogens (primary N) is 1. The van der Waals surface area contributed by atoms with E-state index in [9.17, 15) is 8.42 Å². The average Bonchev–Trinajstić information content (AvgIpc) is 2.73. The molecule has 0 saturated carbocycles. The van der Waals surface area contributed by atoms with Crippen molar-refractivity contribution in [1.29, 1.82) is 0 Å². The van der Waals surface area contributed by atoms with E-state index in [1.165, 1.54) is 0 Å². The largest absolute Gasteiger partial charge is 0.382 e. The number of nitrogens with one attached hydrogen (secondary N) is 1. The molecule has 1 saturated heterocycles. The van der Waals surface area contributed by atoms with Crippen molar-refractivity contribution in [3.8, 4) is 0 Å². The lowest BCUT2D eigenvalue weighted by Crippen LogP contribution is -2.48. The summed E-state index contributed by atoms with van der Waals surface area (Å²) in [6, 6.07) is -0.0494. The van der Waals surface area contributed by atoms with Gasteiger partial charge in [0, 0.05) is 32.8 Å². The zero-order valence-electron chi connectivity index (χ0n) is 11.6. The topological polar surface area (TPSA) is 97.0 Å². The standard InChI is InChI=1S/C11H24N4O3S/c1-3-18-7-4-6-13-11(14-12)15(2)10-5-8-19(16,17)9-10/h10H,3-9,12H2,1-2H3,(H,13,14). The summed E-state index contributed by atoms with van der Waals surface area (Å²) in [5, 5.41) is 0. The fourth-order valence-corrected chi connectivity index (χ4v) is 3.78. The first-order valence-corrected chi connectivity index (χ1v) is 8.34. The molecule has 0 bridgehead atoms. The Labute approximate surface area is 115 Å². The molecular weight excluding hydrogens is 268 g/mol. The number of hydrazine groups is 1. The van der Waals surface area contributed by atoms with Gasteiger partial charge in [0.15, 0.2) is 9.84 Å². The van der Waals surface area contributed by atoms with E-state index in [4.69, 9.17) is 10.6 Å². The minimum absolute atomic E-state index is 0.0494. The van der Waals surface area contributed by atoms with Gasteiger partial charge in [-0.15, -0.1) is 0 Å². The van der Waals surface area contributed by atoms with Gasteiger partial charge < -0.3 is 9.64 Å². The first-order valence-electron chi connectivity index (χ1n) is 6.52. The predicted molar refractivity (Wildman–Crippen MR) is 75.6 cm³/mol. The lowest BCUT2D eigenvalue weighted by atomic mass is 10.2. The third kappa shape index (κ3) is 5.33. The zero-order chi connectivity index (χ0) is 14.3. The van der Waals surface area contributed by atoms with E-state index < -0.39 is 9.84 Å². The van der Waals surface area contributed by atoms with Crippen LogP contribution in [0.5, 0.6) is 0 Å². The Morgan fingerprint density at radius 1 is 1.58 bits per heavy atom. The van der Waals surface area contributed by atoms with Gasteiger partial charge in [0.25, 0.3) is 0 Å². The molecule has 0 radical (unpaired) electrons. The lowest BCUT2D eigenvalue weighted by Gasteiger charge is -2.26. The summed E-state index contributed by atoms with van der Waals surface area (Å²) in [5.41, 5.74) is 2.54. The van der Waals surface area contributed by atoms with Crippen LogP contribution >= 0.6 is 0 Å². The summed E-state index contributed by atoms with van der Waals surface area (Å²) in [6.07, 6.45) is 1.44. The molecule has 0 aromatic heterocycles. The highest BCUT2D eigenvalue weighted by molar-refractivity contribution is 7.91. The van der Waals surface area contributed by atoms with E-state index in [1.807, 2.05) is 18.9 Å². The van der Waals surface area contributed by atoms with Crippen LogP contribution in [0.15, 0.2) is 4.99 Å². The summed E-state index contributed by atoms with van der Waals surface area (Å²) >= 11 is 0. The summed E-state index contributed by atoms with van der Waals surface area (Å²) in [7, 11) is -1.09. The van der Waals surface area contributed by atoms with Gasteiger partial charge in [-0.3, -0.25) is 10.4 Å². The second-order valence-corrected chi connectivity index (χ2v) is 6.80. The van der Waals surface area contributed by atoms with Gasteiger partial charge in [-0.25, -0.2) is 14.3 Å². The molecule has 1 aliphatic heterocycles. The molecule has 7 nitrogen and oxygen atoms in total. The predicted octanol–water partition coefficient (Wildman–Crippen LogP) is -0.649. The number of nitrogens with zero attached hydrogens (tertiary/aromatic N) is 2. The van der Waals surface area contributed by atoms with E-state index in [-0.39, 0.29) is 17.5 Å². The number of guanidine groups is 1. The number of hydrogen-bond acceptors (Lipinski definition) is 5. The van der Waals surface area contributed by atoms with Crippen LogP contribution in [0.4, 0.5) is 0 Å². The van der Waals surface area contributed by atoms with Crippen LogP contribution in [0.3, 0.4) is 0 Å². The fourth-order valence-electron chi connectivity index (χ4n) is 2.01. The van der Waals surface area contributed by atoms with Gasteiger partial charge in [-0.1, -0.05) is 0 Å². The van der Waals surface area contributed by atoms with Crippen molar-refractivity contribution in [2.75, 3.05) is 38.3 Å². The Morgan fingerprint density at radius 2 is 2.32 bits per heavy atom. The summed E-state index contributed by atoms with van der Waals surface area (Å²) in [5.74, 6) is 6.38. The molecule has 0 amide bonds. The number of rotatable bonds is 6. The van der Waals surface area contributed by atoms with Gasteiger partial charge in [-0.05, 0) is 19.8 Å². The van der Waals surface area contributed by atoms with Gasteiger partial charge in [0.05, 0.1) is 11.5 Å². The van der Waals surface area contributed by atoms with Crippen molar-refractivity contribution < 1.29 is 13.2 Å². The van der Waals surface area contributed by atoms with E-state index in [0.717, 1.165) is 6.42 Å². The van der Waals surface area contributed by atoms with Crippen molar-refractivity contribution in [3.05, 3.63) is 0 Å². The van der Waals surface area contributed by atoms with Gasteiger partial charge in [0.1, 0.15) is 0 Å². The maximum absolute atomic E-state index is 11.5. The maximum atomic E-state index is 11.5. The molecule has 0 aliphatic carbocycles. The Kier molecular flexibility index (Phi) is 6.53. The highest BCUT2D eigenvalue weighted by Gasteiger charge is 2.31. The molecule has 1 rings (SSSR count). The second kappa shape index (κ2) is 7.66. The molecule has 0 aromatic carbocycles. The van der Waals surface area contributed by atoms with E-state index in [0.29, 0.717) is 32.1 Å². The van der Waals surface area contributed by atoms with Crippen molar-refractivity contribution in [2.45, 2.75) is 25.8 Å². The smallest absolute Gasteiger partial charge is 0.208 e. The first kappa shape index (κ1) is 16.2. The van der Waals surface area contributed by atoms with Crippen LogP contribution in [-0.2, 0) is 14.6 Å². The molecule has 0 spiro atoms. The van der Waals surface area contributed by atoms with Crippen molar-refractivity contribution >= 4 is 15.8 Å². The van der Waals surface area contributed by atoms with Crippen LogP contribution < -0.4 is 11.3 Å². The van der Waals surface area contributed by atoms with Crippen LogP contribution in [0.25, 0.3) is 0 Å². The minimum atomic E-state index is -2.90. The molecule has 112 valence electrons. The Bertz CT molecular complexity index is 397.